The molecule has 3 heterocycles. The molecule has 0 saturated carbocycles. The van der Waals surface area contributed by atoms with Crippen LogP contribution in [0.5, 0.6) is 11.5 Å². The van der Waals surface area contributed by atoms with Crippen molar-refractivity contribution in [3.8, 4) is 33.1 Å². The Balaban J connectivity index is 1.37. The van der Waals surface area contributed by atoms with Gasteiger partial charge in [-0.3, -0.25) is 0 Å². The molecule has 0 amide bonds. The van der Waals surface area contributed by atoms with Crippen molar-refractivity contribution in [2.75, 3.05) is 4.90 Å². The zero-order valence-corrected chi connectivity index (χ0v) is 34.5. The number of rotatable bonds is 3. The number of anilines is 3. The van der Waals surface area contributed by atoms with Gasteiger partial charge in [0.2, 0.25) is 0 Å². The molecule has 6 aromatic rings. The molecule has 0 atom stereocenters. The van der Waals surface area contributed by atoms with Crippen molar-refractivity contribution in [2.24, 2.45) is 0 Å². The molecule has 1 aromatic heterocycles. The molecule has 0 spiro atoms. The van der Waals surface area contributed by atoms with Gasteiger partial charge in [0.1, 0.15) is 11.5 Å². The van der Waals surface area contributed by atoms with E-state index in [9.17, 15) is 5.48 Å². The molecular weight excluding hydrogens is 685 g/mol. The molecule has 4 heteroatoms. The monoisotopic (exact) mass is 741 g/mol. The third-order valence-electron chi connectivity index (χ3n) is 13.3. The van der Waals surface area contributed by atoms with E-state index < -0.39 is 0 Å². The molecule has 0 unspecified atom stereocenters. The maximum Gasteiger partial charge on any atom is 0.268 e. The summed E-state index contributed by atoms with van der Waals surface area (Å²) in [5, 5.41) is 0. The molecule has 55 heavy (non-hydrogen) atoms. The van der Waals surface area contributed by atoms with Gasteiger partial charge in [-0.25, -0.2) is 0 Å². The number of benzene rings is 5. The molecule has 0 N–H and O–H groups in total. The van der Waals surface area contributed by atoms with Gasteiger partial charge in [0.25, 0.3) is 6.71 Å². The van der Waals surface area contributed by atoms with E-state index in [4.69, 9.17) is 4.74 Å². The largest absolute Gasteiger partial charge is 0.457 e. The summed E-state index contributed by atoms with van der Waals surface area (Å²) in [5.41, 5.74) is 10.7. The zero-order chi connectivity index (χ0) is 41.7. The minimum absolute atomic E-state index is 0.246. The first-order valence-electron chi connectivity index (χ1n) is 22.1. The number of ether oxygens (including phenoxy) is 1. The van der Waals surface area contributed by atoms with Gasteiger partial charge in [0.15, 0.2) is 0 Å². The van der Waals surface area contributed by atoms with E-state index in [-0.39, 0.29) is 28.4 Å². The predicted octanol–water partition coefficient (Wildman–Crippen LogP) is 12.5. The van der Waals surface area contributed by atoms with Crippen LogP contribution < -0.4 is 25.3 Å². The maximum absolute atomic E-state index is 10.6. The normalized spacial score (nSPS) is 20.0. The van der Waals surface area contributed by atoms with Gasteiger partial charge in [0.05, 0.1) is 5.48 Å². The van der Waals surface area contributed by atoms with Crippen molar-refractivity contribution in [3.05, 3.63) is 131 Å². The minimum Gasteiger partial charge on any atom is -0.457 e. The van der Waals surface area contributed by atoms with Crippen LogP contribution in [0.3, 0.4) is 0 Å². The van der Waals surface area contributed by atoms with Crippen LogP contribution >= 0.6 is 11.3 Å². The molecule has 276 valence electrons. The highest BCUT2D eigenvalue weighted by Crippen LogP contribution is 2.53. The van der Waals surface area contributed by atoms with Crippen molar-refractivity contribution >= 4 is 50.8 Å². The topological polar surface area (TPSA) is 12.5 Å². The fourth-order valence-electron chi connectivity index (χ4n) is 9.83. The Bertz CT molecular complexity index is 2770. The summed E-state index contributed by atoms with van der Waals surface area (Å²) in [7, 11) is 0. The number of hydrogen-bond acceptors (Lipinski definition) is 3. The summed E-state index contributed by atoms with van der Waals surface area (Å²) in [4.78, 5) is 3.23. The van der Waals surface area contributed by atoms with Crippen molar-refractivity contribution in [3.63, 3.8) is 0 Å². The van der Waals surface area contributed by atoms with Crippen LogP contribution in [0.25, 0.3) is 21.6 Å². The lowest BCUT2D eigenvalue weighted by atomic mass is 9.36. The van der Waals surface area contributed by atoms with E-state index in [1.54, 1.807) is 11.3 Å². The first-order chi connectivity index (χ1) is 27.8. The standard InChI is InChI=1S/C51H52BNOS/c1-31-26-41-44-42(27-31)54-45-43(32-16-12-10-13-17-32)46(33-18-14-11-15-19-33)55-47(45)52(44)39-29-37-38(51(8,9)25-24-50(37,6)7)30-40(39)53(41)34-20-21-35-36(28-34)49(4,5)23-22-48(35,2)3/h10-21,26-30H,22-25H2,1-9H3/i21D,28D,29D,30D. The van der Waals surface area contributed by atoms with Gasteiger partial charge >= 0.3 is 0 Å². The van der Waals surface area contributed by atoms with E-state index in [2.05, 4.69) is 128 Å². The Kier molecular flexibility index (Phi) is 6.55. The lowest BCUT2D eigenvalue weighted by Crippen LogP contribution is -2.59. The number of aryl methyl sites for hydroxylation is 1. The Labute approximate surface area is 338 Å². The molecule has 4 aliphatic rings. The number of fused-ring (bicyclic) bond motifs is 6. The highest BCUT2D eigenvalue weighted by molar-refractivity contribution is 7.31. The van der Waals surface area contributed by atoms with Crippen molar-refractivity contribution < 1.29 is 10.2 Å². The number of hydrogen-bond donors (Lipinski definition) is 0. The van der Waals surface area contributed by atoms with Crippen molar-refractivity contribution in [1.29, 1.82) is 0 Å². The highest BCUT2D eigenvalue weighted by Gasteiger charge is 2.48. The van der Waals surface area contributed by atoms with Crippen LogP contribution in [0.15, 0.2) is 103 Å². The first-order valence-corrected chi connectivity index (χ1v) is 20.9. The summed E-state index contributed by atoms with van der Waals surface area (Å²) in [6.45, 7) is 19.5. The number of thiophene rings is 1. The molecule has 0 radical (unpaired) electrons. The predicted molar refractivity (Wildman–Crippen MR) is 236 cm³/mol. The van der Waals surface area contributed by atoms with E-state index in [1.165, 1.54) is 0 Å². The molecule has 0 fully saturated rings. The van der Waals surface area contributed by atoms with E-state index in [0.29, 0.717) is 35.5 Å². The number of nitrogens with zero attached hydrogens (tertiary/aromatic N) is 1. The summed E-state index contributed by atoms with van der Waals surface area (Å²) in [5.74, 6) is 1.55. The van der Waals surface area contributed by atoms with Gasteiger partial charge in [-0.2, -0.15) is 0 Å². The van der Waals surface area contributed by atoms with Crippen molar-refractivity contribution in [1.82, 2.24) is 0 Å². The fourth-order valence-corrected chi connectivity index (χ4v) is 11.2. The maximum atomic E-state index is 10.6. The van der Waals surface area contributed by atoms with Crippen LogP contribution in [0.1, 0.15) is 114 Å². The molecule has 0 bridgehead atoms. The second-order valence-electron chi connectivity index (χ2n) is 19.1. The Morgan fingerprint density at radius 2 is 1.22 bits per heavy atom. The fraction of sp³-hybridized carbons (Fsp3) is 0.333. The second kappa shape index (κ2) is 11.7. The summed E-state index contributed by atoms with van der Waals surface area (Å²) >= 11 is 1.73. The quantitative estimate of drug-likeness (QED) is 0.167. The first kappa shape index (κ1) is 30.7. The lowest BCUT2D eigenvalue weighted by Gasteiger charge is -2.46. The third kappa shape index (κ3) is 5.19. The Hall–Kier alpha value is -4.54. The van der Waals surface area contributed by atoms with Gasteiger partial charge in [-0.15, -0.1) is 11.3 Å². The molecule has 10 rings (SSSR count). The average Bonchev–Trinajstić information content (AvgIpc) is 3.57. The molecule has 2 aliphatic heterocycles. The molecule has 2 nitrogen and oxygen atoms in total. The molecule has 2 aliphatic carbocycles. The van der Waals surface area contributed by atoms with Crippen LogP contribution in [0.2, 0.25) is 0 Å². The van der Waals surface area contributed by atoms with Gasteiger partial charge in [-0.05, 0) is 134 Å². The summed E-state index contributed by atoms with van der Waals surface area (Å²) < 4.78 is 49.3. The average molecular weight is 742 g/mol. The van der Waals surface area contributed by atoms with Crippen LogP contribution in [-0.4, -0.2) is 6.71 Å². The van der Waals surface area contributed by atoms with Crippen LogP contribution in [-0.2, 0) is 21.7 Å². The minimum atomic E-state index is -0.388. The molecule has 5 aromatic carbocycles. The zero-order valence-electron chi connectivity index (χ0n) is 37.7. The Morgan fingerprint density at radius 1 is 0.655 bits per heavy atom. The van der Waals surface area contributed by atoms with Crippen molar-refractivity contribution in [2.45, 2.75) is 110 Å². The van der Waals surface area contributed by atoms with E-state index >= 15 is 0 Å². The Morgan fingerprint density at radius 3 is 1.85 bits per heavy atom. The van der Waals surface area contributed by atoms with Crippen LogP contribution in [0.4, 0.5) is 17.1 Å². The third-order valence-corrected chi connectivity index (χ3v) is 14.6. The highest BCUT2D eigenvalue weighted by atomic mass is 32.1. The summed E-state index contributed by atoms with van der Waals surface area (Å²) in [6.07, 6.45) is 3.70. The SMILES string of the molecule is [2H]c1cc(N2c3cc(C)cc4c3B(c3sc(-c5ccccc5)c(-c5ccccc5)c3O4)c3c([2H])c4c(c([2H])c32)C(C)(C)CCC4(C)C)c([2H])c2c1C(C)(C)CCC2(C)C. The smallest absolute Gasteiger partial charge is 0.268 e. The molecular formula is C51H52BNOS. The van der Waals surface area contributed by atoms with Gasteiger partial charge in [-0.1, -0.05) is 128 Å². The van der Waals surface area contributed by atoms with Gasteiger partial charge < -0.3 is 9.64 Å². The molecule has 0 saturated heterocycles. The van der Waals surface area contributed by atoms with Gasteiger partial charge in [0, 0.05) is 32.3 Å². The summed E-state index contributed by atoms with van der Waals surface area (Å²) in [6, 6.07) is 29.0. The second-order valence-corrected chi connectivity index (χ2v) is 20.2. The van der Waals surface area contributed by atoms with E-state index in [1.807, 2.05) is 18.2 Å². The van der Waals surface area contributed by atoms with Crippen LogP contribution in [0, 0.1) is 6.92 Å². The lowest BCUT2D eigenvalue weighted by molar-refractivity contribution is 0.332. The van der Waals surface area contributed by atoms with E-state index in [0.717, 1.165) is 108 Å².